The average molecular weight is 246 g/mol. The largest absolute Gasteiger partial charge is 0.468 e. The summed E-state index contributed by atoms with van der Waals surface area (Å²) in [7, 11) is 0. The summed E-state index contributed by atoms with van der Waals surface area (Å²) >= 11 is 1.49. The minimum Gasteiger partial charge on any atom is -0.468 e. The molecule has 0 bridgehead atoms. The molecule has 17 heavy (non-hydrogen) atoms. The van der Waals surface area contributed by atoms with E-state index >= 15 is 0 Å². The first-order valence-electron chi connectivity index (χ1n) is 5.13. The number of fused-ring (bicyclic) bond motifs is 1. The number of thioether (sulfide) groups is 1. The number of nitrogen functional groups attached to an aromatic ring is 1. The highest BCUT2D eigenvalue weighted by atomic mass is 32.2. The van der Waals surface area contributed by atoms with Crippen molar-refractivity contribution in [3.05, 3.63) is 42.4 Å². The Balaban J connectivity index is 1.84. The third-order valence-corrected chi connectivity index (χ3v) is 3.20. The number of hydrogen-bond donors (Lipinski definition) is 1. The quantitative estimate of drug-likeness (QED) is 0.567. The van der Waals surface area contributed by atoms with Gasteiger partial charge in [-0.15, -0.1) is 0 Å². The van der Waals surface area contributed by atoms with E-state index in [0.717, 1.165) is 11.3 Å². The Morgan fingerprint density at radius 3 is 2.94 bits per heavy atom. The van der Waals surface area contributed by atoms with E-state index in [1.807, 2.05) is 30.3 Å². The number of oxazole rings is 1. The summed E-state index contributed by atoms with van der Waals surface area (Å²) in [6.07, 6.45) is 1.65. The van der Waals surface area contributed by atoms with Gasteiger partial charge in [-0.3, -0.25) is 0 Å². The van der Waals surface area contributed by atoms with Gasteiger partial charge in [0.25, 0.3) is 5.22 Å². The Morgan fingerprint density at radius 2 is 2.18 bits per heavy atom. The molecule has 1 aromatic carbocycles. The maximum Gasteiger partial charge on any atom is 0.257 e. The van der Waals surface area contributed by atoms with Crippen molar-refractivity contribution in [1.82, 2.24) is 4.98 Å². The average Bonchev–Trinajstić information content (AvgIpc) is 2.95. The fourth-order valence-corrected chi connectivity index (χ4v) is 2.27. The molecule has 4 nitrogen and oxygen atoms in total. The van der Waals surface area contributed by atoms with Crippen molar-refractivity contribution in [3.63, 3.8) is 0 Å². The monoisotopic (exact) mass is 246 g/mol. The van der Waals surface area contributed by atoms with Gasteiger partial charge in [-0.05, 0) is 24.3 Å². The predicted molar refractivity (Wildman–Crippen MR) is 66.7 cm³/mol. The van der Waals surface area contributed by atoms with Gasteiger partial charge in [0.15, 0.2) is 5.58 Å². The van der Waals surface area contributed by atoms with Gasteiger partial charge < -0.3 is 14.6 Å². The zero-order valence-electron chi connectivity index (χ0n) is 8.92. The van der Waals surface area contributed by atoms with Crippen LogP contribution in [-0.2, 0) is 5.75 Å². The molecule has 0 spiro atoms. The molecule has 0 amide bonds. The lowest BCUT2D eigenvalue weighted by Gasteiger charge is -1.91. The van der Waals surface area contributed by atoms with Crippen molar-refractivity contribution >= 4 is 28.5 Å². The van der Waals surface area contributed by atoms with Crippen LogP contribution in [-0.4, -0.2) is 4.98 Å². The van der Waals surface area contributed by atoms with Crippen LogP contribution in [0, 0.1) is 0 Å². The third-order valence-electron chi connectivity index (χ3n) is 2.35. The number of rotatable bonds is 3. The Hall–Kier alpha value is -1.88. The van der Waals surface area contributed by atoms with Gasteiger partial charge in [0.05, 0.1) is 17.7 Å². The van der Waals surface area contributed by atoms with E-state index in [9.17, 15) is 0 Å². The van der Waals surface area contributed by atoms with Gasteiger partial charge >= 0.3 is 0 Å². The van der Waals surface area contributed by atoms with Crippen molar-refractivity contribution in [2.75, 3.05) is 5.73 Å². The van der Waals surface area contributed by atoms with Crippen LogP contribution in [0.3, 0.4) is 0 Å². The van der Waals surface area contributed by atoms with Crippen LogP contribution >= 0.6 is 11.8 Å². The zero-order chi connectivity index (χ0) is 11.7. The molecular weight excluding hydrogens is 236 g/mol. The van der Waals surface area contributed by atoms with Crippen molar-refractivity contribution in [1.29, 1.82) is 0 Å². The first-order chi connectivity index (χ1) is 8.33. The van der Waals surface area contributed by atoms with Crippen LogP contribution in [0.25, 0.3) is 11.1 Å². The van der Waals surface area contributed by atoms with Gasteiger partial charge in [-0.1, -0.05) is 17.8 Å². The lowest BCUT2D eigenvalue weighted by Crippen LogP contribution is -1.84. The van der Waals surface area contributed by atoms with Crippen molar-refractivity contribution in [2.45, 2.75) is 11.0 Å². The normalized spacial score (nSPS) is 11.1. The molecule has 3 aromatic rings. The summed E-state index contributed by atoms with van der Waals surface area (Å²) < 4.78 is 10.8. The molecular formula is C12H10N2O2S. The molecule has 3 rings (SSSR count). The molecule has 0 aliphatic rings. The second-order valence-corrected chi connectivity index (χ2v) is 4.47. The van der Waals surface area contributed by atoms with Crippen molar-refractivity contribution in [2.24, 2.45) is 0 Å². The molecule has 0 aliphatic carbocycles. The van der Waals surface area contributed by atoms with E-state index in [0.29, 0.717) is 22.2 Å². The van der Waals surface area contributed by atoms with Crippen molar-refractivity contribution < 1.29 is 8.83 Å². The van der Waals surface area contributed by atoms with E-state index in [1.54, 1.807) is 6.26 Å². The lowest BCUT2D eigenvalue weighted by atomic mass is 10.3. The fraction of sp³-hybridized carbons (Fsp3) is 0.0833. The maximum atomic E-state index is 5.81. The Kier molecular flexibility index (Phi) is 2.53. The molecule has 0 radical (unpaired) electrons. The Morgan fingerprint density at radius 1 is 1.24 bits per heavy atom. The number of nitrogens with two attached hydrogens (primary N) is 1. The topological polar surface area (TPSA) is 65.2 Å². The molecule has 0 unspecified atom stereocenters. The highest BCUT2D eigenvalue weighted by Gasteiger charge is 2.09. The van der Waals surface area contributed by atoms with Crippen LogP contribution in [0.15, 0.2) is 50.7 Å². The van der Waals surface area contributed by atoms with Crippen LogP contribution < -0.4 is 5.73 Å². The van der Waals surface area contributed by atoms with Crippen LogP contribution in [0.1, 0.15) is 5.76 Å². The standard InChI is InChI=1S/C12H10N2O2S/c13-9-4-1-5-10-11(9)14-12(16-10)17-7-8-3-2-6-15-8/h1-6H,7,13H2. The molecule has 0 aliphatic heterocycles. The SMILES string of the molecule is Nc1cccc2oc(SCc3ccco3)nc12. The van der Waals surface area contributed by atoms with E-state index in [-0.39, 0.29) is 0 Å². The molecule has 2 aromatic heterocycles. The number of hydrogen-bond acceptors (Lipinski definition) is 5. The number of nitrogens with zero attached hydrogens (tertiary/aromatic N) is 1. The molecule has 86 valence electrons. The molecule has 0 atom stereocenters. The number of furan rings is 1. The smallest absolute Gasteiger partial charge is 0.257 e. The highest BCUT2D eigenvalue weighted by molar-refractivity contribution is 7.98. The van der Waals surface area contributed by atoms with E-state index in [1.165, 1.54) is 11.8 Å². The maximum absolute atomic E-state index is 5.81. The van der Waals surface area contributed by atoms with E-state index in [4.69, 9.17) is 14.6 Å². The highest BCUT2D eigenvalue weighted by Crippen LogP contribution is 2.28. The Labute approximate surface area is 102 Å². The summed E-state index contributed by atoms with van der Waals surface area (Å²) in [5.74, 6) is 1.59. The van der Waals surface area contributed by atoms with Crippen molar-refractivity contribution in [3.8, 4) is 0 Å². The summed E-state index contributed by atoms with van der Waals surface area (Å²) in [6, 6.07) is 9.30. The lowest BCUT2D eigenvalue weighted by molar-refractivity contribution is 0.487. The summed E-state index contributed by atoms with van der Waals surface area (Å²) in [6.45, 7) is 0. The molecule has 2 heterocycles. The first kappa shape index (κ1) is 10.3. The van der Waals surface area contributed by atoms with E-state index in [2.05, 4.69) is 4.98 Å². The molecule has 2 N–H and O–H groups in total. The first-order valence-corrected chi connectivity index (χ1v) is 6.12. The molecule has 5 heteroatoms. The number of anilines is 1. The summed E-state index contributed by atoms with van der Waals surface area (Å²) in [5, 5.41) is 0.606. The van der Waals surface area contributed by atoms with Crippen LogP contribution in [0.4, 0.5) is 5.69 Å². The van der Waals surface area contributed by atoms with Crippen LogP contribution in [0.5, 0.6) is 0 Å². The minimum absolute atomic E-state index is 0.606. The third kappa shape index (κ3) is 2.01. The number of benzene rings is 1. The molecule has 0 saturated carbocycles. The zero-order valence-corrected chi connectivity index (χ0v) is 9.74. The van der Waals surface area contributed by atoms with Gasteiger partial charge in [-0.2, -0.15) is 0 Å². The molecule has 0 saturated heterocycles. The summed E-state index contributed by atoms with van der Waals surface area (Å²) in [5.41, 5.74) is 7.88. The fourth-order valence-electron chi connectivity index (χ4n) is 1.54. The van der Waals surface area contributed by atoms with Gasteiger partial charge in [0, 0.05) is 0 Å². The van der Waals surface area contributed by atoms with Gasteiger partial charge in [0.1, 0.15) is 11.3 Å². The van der Waals surface area contributed by atoms with Gasteiger partial charge in [0.2, 0.25) is 0 Å². The minimum atomic E-state index is 0.606. The van der Waals surface area contributed by atoms with E-state index < -0.39 is 0 Å². The molecule has 0 fully saturated rings. The van der Waals surface area contributed by atoms with Gasteiger partial charge in [-0.25, -0.2) is 4.98 Å². The summed E-state index contributed by atoms with van der Waals surface area (Å²) in [4.78, 5) is 4.34. The second-order valence-electron chi connectivity index (χ2n) is 3.54. The number of aromatic nitrogens is 1. The Bertz CT molecular complexity index is 631. The second kappa shape index (κ2) is 4.18. The predicted octanol–water partition coefficient (Wildman–Crippen LogP) is 3.30. The number of para-hydroxylation sites is 1. The van der Waals surface area contributed by atoms with Crippen LogP contribution in [0.2, 0.25) is 0 Å².